The number of Topliss-reactive ketones (excluding diaryl/α,β-unsaturated/α-hetero) is 1. The average Bonchev–Trinajstić information content (AvgIpc) is 2.53. The minimum Gasteiger partial charge on any atom is -0.339 e. The number of piperazine rings is 1. The molecule has 23 heavy (non-hydrogen) atoms. The maximum atomic E-state index is 12.5. The Morgan fingerprint density at radius 1 is 0.826 bits per heavy atom. The van der Waals surface area contributed by atoms with Crippen molar-refractivity contribution < 1.29 is 14.4 Å². The molecule has 124 valence electrons. The molecule has 0 aliphatic carbocycles. The predicted molar refractivity (Wildman–Crippen MR) is 88.4 cm³/mol. The zero-order chi connectivity index (χ0) is 17.2. The number of rotatable bonds is 2. The molecule has 1 aliphatic heterocycles. The monoisotopic (exact) mass is 316 g/mol. The lowest BCUT2D eigenvalue weighted by atomic mass is 9.86. The third kappa shape index (κ3) is 3.97. The average molecular weight is 316 g/mol. The Hall–Kier alpha value is -2.17. The fourth-order valence-corrected chi connectivity index (χ4v) is 2.60. The van der Waals surface area contributed by atoms with Gasteiger partial charge in [-0.15, -0.1) is 0 Å². The molecule has 0 bridgehead atoms. The second kappa shape index (κ2) is 6.52. The third-order valence-corrected chi connectivity index (χ3v) is 4.09. The van der Waals surface area contributed by atoms with Gasteiger partial charge in [-0.2, -0.15) is 0 Å². The second-order valence-electron chi connectivity index (χ2n) is 6.95. The molecule has 2 rings (SSSR count). The number of hydrogen-bond acceptors (Lipinski definition) is 3. The first-order valence-electron chi connectivity index (χ1n) is 7.90. The lowest BCUT2D eigenvalue weighted by Gasteiger charge is -2.34. The normalized spacial score (nSPS) is 15.5. The van der Waals surface area contributed by atoms with Crippen LogP contribution in [-0.4, -0.2) is 53.6 Å². The Morgan fingerprint density at radius 2 is 1.26 bits per heavy atom. The summed E-state index contributed by atoms with van der Waals surface area (Å²) in [6.45, 7) is 9.41. The summed E-state index contributed by atoms with van der Waals surface area (Å²) in [4.78, 5) is 39.5. The number of benzene rings is 1. The van der Waals surface area contributed by atoms with Crippen molar-refractivity contribution in [2.24, 2.45) is 5.41 Å². The molecular formula is C18H24N2O3. The molecule has 5 heteroatoms. The highest BCUT2D eigenvalue weighted by Crippen LogP contribution is 2.21. The van der Waals surface area contributed by atoms with E-state index in [1.165, 1.54) is 0 Å². The summed E-state index contributed by atoms with van der Waals surface area (Å²) in [6, 6.07) is 6.84. The smallest absolute Gasteiger partial charge is 0.253 e. The van der Waals surface area contributed by atoms with Crippen molar-refractivity contribution in [2.75, 3.05) is 26.2 Å². The van der Waals surface area contributed by atoms with E-state index < -0.39 is 5.41 Å². The molecule has 0 unspecified atom stereocenters. The SMILES string of the molecule is CC(=O)N1CCN(C(=O)c2ccc(C(=O)C(C)(C)C)cc2)CC1. The van der Waals surface area contributed by atoms with Crippen LogP contribution in [0.25, 0.3) is 0 Å². The van der Waals surface area contributed by atoms with Gasteiger partial charge < -0.3 is 9.80 Å². The van der Waals surface area contributed by atoms with Crippen LogP contribution >= 0.6 is 0 Å². The Labute approximate surface area is 137 Å². The van der Waals surface area contributed by atoms with Crippen LogP contribution in [-0.2, 0) is 4.79 Å². The zero-order valence-corrected chi connectivity index (χ0v) is 14.3. The van der Waals surface area contributed by atoms with Gasteiger partial charge in [0.1, 0.15) is 0 Å². The van der Waals surface area contributed by atoms with Gasteiger partial charge in [0.25, 0.3) is 5.91 Å². The highest BCUT2D eigenvalue weighted by molar-refractivity contribution is 6.01. The number of ketones is 1. The van der Waals surface area contributed by atoms with E-state index in [2.05, 4.69) is 0 Å². The second-order valence-corrected chi connectivity index (χ2v) is 6.95. The van der Waals surface area contributed by atoms with Crippen LogP contribution in [0.1, 0.15) is 48.4 Å². The van der Waals surface area contributed by atoms with Gasteiger partial charge in [0, 0.05) is 49.6 Å². The van der Waals surface area contributed by atoms with E-state index in [0.717, 1.165) is 0 Å². The molecule has 0 atom stereocenters. The Morgan fingerprint density at radius 3 is 1.70 bits per heavy atom. The molecular weight excluding hydrogens is 292 g/mol. The van der Waals surface area contributed by atoms with Gasteiger partial charge in [0.15, 0.2) is 5.78 Å². The minimum atomic E-state index is -0.436. The van der Waals surface area contributed by atoms with Crippen LogP contribution < -0.4 is 0 Å². The minimum absolute atomic E-state index is 0.0437. The van der Waals surface area contributed by atoms with E-state index in [4.69, 9.17) is 0 Å². The fourth-order valence-electron chi connectivity index (χ4n) is 2.60. The van der Waals surface area contributed by atoms with Crippen LogP contribution in [0.4, 0.5) is 0 Å². The largest absolute Gasteiger partial charge is 0.339 e. The number of carbonyl (C=O) groups excluding carboxylic acids is 3. The maximum absolute atomic E-state index is 12.5. The molecule has 1 aromatic carbocycles. The molecule has 1 aromatic rings. The van der Waals surface area contributed by atoms with Gasteiger partial charge in [-0.25, -0.2) is 0 Å². The maximum Gasteiger partial charge on any atom is 0.253 e. The van der Waals surface area contributed by atoms with E-state index >= 15 is 0 Å². The molecule has 0 saturated carbocycles. The van der Waals surface area contributed by atoms with Crippen LogP contribution in [0.3, 0.4) is 0 Å². The van der Waals surface area contributed by atoms with E-state index in [0.29, 0.717) is 37.3 Å². The molecule has 0 aromatic heterocycles. The van der Waals surface area contributed by atoms with Gasteiger partial charge in [0.2, 0.25) is 5.91 Å². The van der Waals surface area contributed by atoms with Crippen LogP contribution in [0, 0.1) is 5.41 Å². The molecule has 5 nitrogen and oxygen atoms in total. The molecule has 2 amide bonds. The Balaban J connectivity index is 2.04. The number of amides is 2. The first-order valence-corrected chi connectivity index (χ1v) is 7.90. The van der Waals surface area contributed by atoms with Crippen molar-refractivity contribution in [3.05, 3.63) is 35.4 Å². The van der Waals surface area contributed by atoms with Crippen molar-refractivity contribution in [3.8, 4) is 0 Å². The van der Waals surface area contributed by atoms with E-state index in [9.17, 15) is 14.4 Å². The standard InChI is InChI=1S/C18H24N2O3/c1-13(21)19-9-11-20(12-10-19)17(23)15-7-5-14(6-8-15)16(22)18(2,3)4/h5-8H,9-12H2,1-4H3. The molecule has 1 fully saturated rings. The Kier molecular flexibility index (Phi) is 4.88. The first kappa shape index (κ1) is 17.2. The van der Waals surface area contributed by atoms with Crippen molar-refractivity contribution in [1.82, 2.24) is 9.80 Å². The van der Waals surface area contributed by atoms with E-state index in [1.54, 1.807) is 41.0 Å². The number of hydrogen-bond donors (Lipinski definition) is 0. The summed E-state index contributed by atoms with van der Waals surface area (Å²) in [5, 5.41) is 0. The van der Waals surface area contributed by atoms with E-state index in [-0.39, 0.29) is 17.6 Å². The molecule has 1 heterocycles. The first-order chi connectivity index (χ1) is 10.7. The van der Waals surface area contributed by atoms with Gasteiger partial charge in [-0.1, -0.05) is 32.9 Å². The highest BCUT2D eigenvalue weighted by atomic mass is 16.2. The van der Waals surface area contributed by atoms with Crippen molar-refractivity contribution in [2.45, 2.75) is 27.7 Å². The molecule has 0 spiro atoms. The topological polar surface area (TPSA) is 57.7 Å². The van der Waals surface area contributed by atoms with Gasteiger partial charge >= 0.3 is 0 Å². The molecule has 0 N–H and O–H groups in total. The quantitative estimate of drug-likeness (QED) is 0.786. The molecule has 1 aliphatic rings. The van der Waals surface area contributed by atoms with Gasteiger partial charge in [-0.05, 0) is 12.1 Å². The lowest BCUT2D eigenvalue weighted by molar-refractivity contribution is -0.130. The highest BCUT2D eigenvalue weighted by Gasteiger charge is 2.25. The van der Waals surface area contributed by atoms with Crippen molar-refractivity contribution in [3.63, 3.8) is 0 Å². The van der Waals surface area contributed by atoms with Gasteiger partial charge in [-0.3, -0.25) is 14.4 Å². The predicted octanol–water partition coefficient (Wildman–Crippen LogP) is 2.22. The van der Waals surface area contributed by atoms with Crippen LogP contribution in [0.2, 0.25) is 0 Å². The van der Waals surface area contributed by atoms with Crippen LogP contribution in [0.15, 0.2) is 24.3 Å². The molecule has 1 saturated heterocycles. The van der Waals surface area contributed by atoms with Gasteiger partial charge in [0.05, 0.1) is 0 Å². The fraction of sp³-hybridized carbons (Fsp3) is 0.500. The summed E-state index contributed by atoms with van der Waals surface area (Å²) in [6.07, 6.45) is 0. The van der Waals surface area contributed by atoms with Crippen molar-refractivity contribution >= 4 is 17.6 Å². The lowest BCUT2D eigenvalue weighted by Crippen LogP contribution is -2.50. The number of carbonyl (C=O) groups is 3. The summed E-state index contributed by atoms with van der Waals surface area (Å²) >= 11 is 0. The summed E-state index contributed by atoms with van der Waals surface area (Å²) in [7, 11) is 0. The van der Waals surface area contributed by atoms with E-state index in [1.807, 2.05) is 20.8 Å². The summed E-state index contributed by atoms with van der Waals surface area (Å²) in [5.41, 5.74) is 0.760. The Bertz CT molecular complexity index is 606. The summed E-state index contributed by atoms with van der Waals surface area (Å²) < 4.78 is 0. The number of nitrogens with zero attached hydrogens (tertiary/aromatic N) is 2. The van der Waals surface area contributed by atoms with Crippen molar-refractivity contribution in [1.29, 1.82) is 0 Å². The van der Waals surface area contributed by atoms with Crippen LogP contribution in [0.5, 0.6) is 0 Å². The summed E-state index contributed by atoms with van der Waals surface area (Å²) in [5.74, 6) is 0.0525. The third-order valence-electron chi connectivity index (χ3n) is 4.09. The zero-order valence-electron chi connectivity index (χ0n) is 14.3. The molecule has 0 radical (unpaired) electrons.